The van der Waals surface area contributed by atoms with Crippen molar-refractivity contribution in [3.8, 4) is 5.69 Å². The summed E-state index contributed by atoms with van der Waals surface area (Å²) in [6.45, 7) is 0. The molecule has 0 radical (unpaired) electrons. The third kappa shape index (κ3) is 4.09. The Balaban J connectivity index is 1.62. The monoisotopic (exact) mass is 430 g/mol. The van der Waals surface area contributed by atoms with Gasteiger partial charge in [-0.25, -0.2) is 0 Å². The van der Waals surface area contributed by atoms with E-state index in [1.807, 2.05) is 30.3 Å². The van der Waals surface area contributed by atoms with Crippen molar-refractivity contribution in [2.75, 3.05) is 5.75 Å². The number of carboxylic acid groups (broad SMARTS) is 1. The Morgan fingerprint density at radius 3 is 2.79 bits per heavy atom. The van der Waals surface area contributed by atoms with Crippen molar-refractivity contribution >= 4 is 35.2 Å². The smallest absolute Gasteiger partial charge is 0.321 e. The van der Waals surface area contributed by atoms with Gasteiger partial charge in [-0.2, -0.15) is 4.68 Å². The summed E-state index contributed by atoms with van der Waals surface area (Å²) in [6, 6.07) is 13.4. The van der Waals surface area contributed by atoms with E-state index in [-0.39, 0.29) is 11.1 Å². The number of carbonyl (C=O) groups is 1. The van der Waals surface area contributed by atoms with E-state index < -0.39 is 16.9 Å². The van der Waals surface area contributed by atoms with Crippen LogP contribution in [0.15, 0.2) is 58.6 Å². The van der Waals surface area contributed by atoms with Gasteiger partial charge in [0, 0.05) is 11.8 Å². The van der Waals surface area contributed by atoms with Crippen LogP contribution in [0.1, 0.15) is 10.9 Å². The van der Waals surface area contributed by atoms with Crippen LogP contribution in [0.25, 0.3) is 5.69 Å². The molecule has 1 aliphatic rings. The largest absolute Gasteiger partial charge is 0.480 e. The zero-order valence-corrected chi connectivity index (χ0v) is 16.3. The number of nitro benzene ring substituents is 1. The number of hydrogen-bond acceptors (Lipinski definition) is 9. The first-order valence-corrected chi connectivity index (χ1v) is 10.3. The number of para-hydroxylation sites is 1. The number of nitro groups is 1. The highest BCUT2D eigenvalue weighted by Crippen LogP contribution is 2.39. The molecule has 3 aromatic rings. The van der Waals surface area contributed by atoms with Gasteiger partial charge < -0.3 is 5.11 Å². The highest BCUT2D eigenvalue weighted by atomic mass is 32.2. The molecule has 0 aliphatic carbocycles. The van der Waals surface area contributed by atoms with Gasteiger partial charge in [0.2, 0.25) is 5.16 Å². The molecule has 0 amide bonds. The Labute approximate surface area is 172 Å². The molecule has 12 heteroatoms. The first-order valence-electron chi connectivity index (χ1n) is 8.43. The standard InChI is InChI=1S/C17H14N6O4S2/c24-16(25)12-9-28-15(18-12)10-6-7-14(13(8-10)23(26)27)29-17-19-20-21-22(17)11-4-2-1-3-5-11/h1-8,12,15,18H,9H2,(H,24,25)/t12-,15+/m1/s1. The molecule has 0 bridgehead atoms. The van der Waals surface area contributed by atoms with E-state index in [2.05, 4.69) is 20.8 Å². The van der Waals surface area contributed by atoms with Crippen molar-refractivity contribution in [3.05, 3.63) is 64.2 Å². The van der Waals surface area contributed by atoms with Crippen molar-refractivity contribution in [1.82, 2.24) is 25.5 Å². The van der Waals surface area contributed by atoms with E-state index in [4.69, 9.17) is 5.11 Å². The molecule has 0 spiro atoms. The highest BCUT2D eigenvalue weighted by Gasteiger charge is 2.31. The van der Waals surface area contributed by atoms with Crippen LogP contribution in [0.2, 0.25) is 0 Å². The number of nitrogens with one attached hydrogen (secondary N) is 1. The van der Waals surface area contributed by atoms with Gasteiger partial charge in [-0.1, -0.05) is 24.3 Å². The van der Waals surface area contributed by atoms with Crippen LogP contribution in [0.4, 0.5) is 5.69 Å². The molecular formula is C17H14N6O4S2. The van der Waals surface area contributed by atoms with Gasteiger partial charge in [0.15, 0.2) is 0 Å². The minimum Gasteiger partial charge on any atom is -0.480 e. The van der Waals surface area contributed by atoms with Crippen LogP contribution in [0, 0.1) is 10.1 Å². The molecule has 4 rings (SSSR count). The zero-order chi connectivity index (χ0) is 20.4. The predicted octanol–water partition coefficient (Wildman–Crippen LogP) is 2.51. The maximum Gasteiger partial charge on any atom is 0.321 e. The minimum absolute atomic E-state index is 0.0868. The van der Waals surface area contributed by atoms with Gasteiger partial charge in [0.25, 0.3) is 5.69 Å². The second-order valence-electron chi connectivity index (χ2n) is 6.07. The van der Waals surface area contributed by atoms with Crippen LogP contribution in [0.3, 0.4) is 0 Å². The van der Waals surface area contributed by atoms with Crippen LogP contribution in [-0.4, -0.2) is 48.0 Å². The first-order chi connectivity index (χ1) is 14.0. The van der Waals surface area contributed by atoms with E-state index in [1.54, 1.807) is 12.1 Å². The molecule has 1 saturated heterocycles. The van der Waals surface area contributed by atoms with Crippen LogP contribution in [-0.2, 0) is 4.79 Å². The van der Waals surface area contributed by atoms with Gasteiger partial charge >= 0.3 is 5.97 Å². The average Bonchev–Trinajstić information content (AvgIpc) is 3.39. The van der Waals surface area contributed by atoms with Crippen LogP contribution in [0.5, 0.6) is 0 Å². The van der Waals surface area contributed by atoms with Crippen molar-refractivity contribution in [2.45, 2.75) is 21.5 Å². The second-order valence-corrected chi connectivity index (χ2v) is 8.21. The molecule has 29 heavy (non-hydrogen) atoms. The van der Waals surface area contributed by atoms with Gasteiger partial charge in [0.05, 0.1) is 20.9 Å². The van der Waals surface area contributed by atoms with E-state index in [0.29, 0.717) is 21.4 Å². The molecule has 2 atom stereocenters. The van der Waals surface area contributed by atoms with Gasteiger partial charge in [-0.15, -0.1) is 16.9 Å². The molecule has 148 valence electrons. The number of rotatable bonds is 6. The number of aromatic nitrogens is 4. The second kappa shape index (κ2) is 8.19. The topological polar surface area (TPSA) is 136 Å². The molecule has 0 unspecified atom stereocenters. The third-order valence-corrected chi connectivity index (χ3v) is 6.48. The lowest BCUT2D eigenvalue weighted by atomic mass is 10.2. The molecule has 2 N–H and O–H groups in total. The molecular weight excluding hydrogens is 416 g/mol. The van der Waals surface area contributed by atoms with Crippen LogP contribution >= 0.6 is 23.5 Å². The molecule has 1 aliphatic heterocycles. The Kier molecular flexibility index (Phi) is 5.47. The van der Waals surface area contributed by atoms with E-state index in [0.717, 1.165) is 17.4 Å². The van der Waals surface area contributed by atoms with Gasteiger partial charge in [-0.05, 0) is 46.0 Å². The van der Waals surface area contributed by atoms with Crippen molar-refractivity contribution in [1.29, 1.82) is 0 Å². The molecule has 10 nitrogen and oxygen atoms in total. The number of carboxylic acids is 1. The molecule has 1 aromatic heterocycles. The number of hydrogen-bond donors (Lipinski definition) is 2. The summed E-state index contributed by atoms with van der Waals surface area (Å²) >= 11 is 2.50. The van der Waals surface area contributed by atoms with Crippen LogP contribution < -0.4 is 5.32 Å². The molecule has 2 heterocycles. The number of thioether (sulfide) groups is 1. The van der Waals surface area contributed by atoms with Gasteiger partial charge in [0.1, 0.15) is 6.04 Å². The van der Waals surface area contributed by atoms with Gasteiger partial charge in [-0.3, -0.25) is 20.2 Å². The fourth-order valence-electron chi connectivity index (χ4n) is 2.81. The first kappa shape index (κ1) is 19.4. The van der Waals surface area contributed by atoms with Crippen molar-refractivity contribution < 1.29 is 14.8 Å². The quantitative estimate of drug-likeness (QED) is 0.443. The lowest BCUT2D eigenvalue weighted by Crippen LogP contribution is -2.33. The Morgan fingerprint density at radius 2 is 2.10 bits per heavy atom. The zero-order valence-electron chi connectivity index (χ0n) is 14.7. The van der Waals surface area contributed by atoms with E-state index in [9.17, 15) is 14.9 Å². The lowest BCUT2D eigenvalue weighted by molar-refractivity contribution is -0.387. The number of nitrogens with zero attached hydrogens (tertiary/aromatic N) is 5. The number of benzene rings is 2. The Hall–Kier alpha value is -2.96. The summed E-state index contributed by atoms with van der Waals surface area (Å²) in [5, 5.41) is 35.4. The summed E-state index contributed by atoms with van der Waals surface area (Å²) in [5.74, 6) is -0.537. The normalized spacial score (nSPS) is 18.6. The predicted molar refractivity (Wildman–Crippen MR) is 106 cm³/mol. The maximum absolute atomic E-state index is 11.7. The molecule has 1 fully saturated rings. The maximum atomic E-state index is 11.7. The summed E-state index contributed by atoms with van der Waals surface area (Å²) in [5.41, 5.74) is 1.30. The molecule has 2 aromatic carbocycles. The lowest BCUT2D eigenvalue weighted by Gasteiger charge is -2.12. The average molecular weight is 430 g/mol. The number of tetrazole rings is 1. The summed E-state index contributed by atoms with van der Waals surface area (Å²) < 4.78 is 1.51. The minimum atomic E-state index is -0.936. The Morgan fingerprint density at radius 1 is 1.31 bits per heavy atom. The summed E-state index contributed by atoms with van der Waals surface area (Å²) in [6.07, 6.45) is 0. The third-order valence-electron chi connectivity index (χ3n) is 4.21. The summed E-state index contributed by atoms with van der Waals surface area (Å²) in [4.78, 5) is 22.7. The Bertz CT molecular complexity index is 1060. The summed E-state index contributed by atoms with van der Waals surface area (Å²) in [7, 11) is 0. The van der Waals surface area contributed by atoms with E-state index >= 15 is 0 Å². The fourth-order valence-corrected chi connectivity index (χ4v) is 4.90. The van der Waals surface area contributed by atoms with Crippen molar-refractivity contribution in [2.24, 2.45) is 0 Å². The SMILES string of the molecule is O=C(O)[C@H]1CS[C@@H](c2ccc(Sc3nnnn3-c3ccccc3)c([N+](=O)[O-])c2)N1. The number of aliphatic carboxylic acids is 1. The fraction of sp³-hybridized carbons (Fsp3) is 0.176. The molecule has 0 saturated carbocycles. The van der Waals surface area contributed by atoms with E-state index in [1.165, 1.54) is 22.5 Å². The highest BCUT2D eigenvalue weighted by molar-refractivity contribution is 7.99. The van der Waals surface area contributed by atoms with Crippen molar-refractivity contribution in [3.63, 3.8) is 0 Å².